The number of hydrogen-bond donors (Lipinski definition) is 0. The SMILES string of the molecule is Cc1cc(COC2CCCCO2)cc2c1C(=O)CC2. The summed E-state index contributed by atoms with van der Waals surface area (Å²) in [5, 5.41) is 0. The summed E-state index contributed by atoms with van der Waals surface area (Å²) >= 11 is 0. The molecule has 0 amide bonds. The van der Waals surface area contributed by atoms with Crippen LogP contribution in [-0.4, -0.2) is 18.7 Å². The van der Waals surface area contributed by atoms with Crippen LogP contribution in [0.3, 0.4) is 0 Å². The van der Waals surface area contributed by atoms with Gasteiger partial charge in [0, 0.05) is 18.6 Å². The lowest BCUT2D eigenvalue weighted by Gasteiger charge is -2.23. The van der Waals surface area contributed by atoms with Gasteiger partial charge in [0.2, 0.25) is 0 Å². The minimum absolute atomic E-state index is 0.0519. The van der Waals surface area contributed by atoms with Crippen LogP contribution in [0.2, 0.25) is 0 Å². The maximum absolute atomic E-state index is 11.8. The highest BCUT2D eigenvalue weighted by Gasteiger charge is 2.22. The maximum atomic E-state index is 11.8. The molecule has 1 aromatic rings. The normalized spacial score (nSPS) is 22.6. The Morgan fingerprint density at radius 2 is 2.21 bits per heavy atom. The summed E-state index contributed by atoms with van der Waals surface area (Å²) in [6, 6.07) is 4.20. The first-order valence-corrected chi connectivity index (χ1v) is 7.13. The second-order valence-electron chi connectivity index (χ2n) is 5.48. The Labute approximate surface area is 113 Å². The van der Waals surface area contributed by atoms with Gasteiger partial charge < -0.3 is 9.47 Å². The van der Waals surface area contributed by atoms with E-state index in [1.54, 1.807) is 0 Å². The molecule has 0 bridgehead atoms. The Morgan fingerprint density at radius 3 is 3.00 bits per heavy atom. The first kappa shape index (κ1) is 12.8. The zero-order valence-electron chi connectivity index (χ0n) is 11.4. The zero-order valence-corrected chi connectivity index (χ0v) is 11.4. The largest absolute Gasteiger partial charge is 0.353 e. The predicted octanol–water partition coefficient (Wildman–Crippen LogP) is 3.17. The smallest absolute Gasteiger partial charge is 0.163 e. The summed E-state index contributed by atoms with van der Waals surface area (Å²) in [6.07, 6.45) is 4.80. The summed E-state index contributed by atoms with van der Waals surface area (Å²) in [5.41, 5.74) is 4.37. The number of aryl methyl sites for hydroxylation is 2. The molecule has 1 unspecified atom stereocenters. The summed E-state index contributed by atoms with van der Waals surface area (Å²) in [6.45, 7) is 3.40. The average molecular weight is 260 g/mol. The summed E-state index contributed by atoms with van der Waals surface area (Å²) < 4.78 is 11.4. The van der Waals surface area contributed by atoms with Gasteiger partial charge in [-0.3, -0.25) is 4.79 Å². The van der Waals surface area contributed by atoms with Crippen LogP contribution >= 0.6 is 0 Å². The van der Waals surface area contributed by atoms with Crippen molar-refractivity contribution in [3.05, 3.63) is 34.4 Å². The topological polar surface area (TPSA) is 35.5 Å². The number of rotatable bonds is 3. The van der Waals surface area contributed by atoms with Gasteiger partial charge in [-0.2, -0.15) is 0 Å². The number of fused-ring (bicyclic) bond motifs is 1. The predicted molar refractivity (Wildman–Crippen MR) is 72.2 cm³/mol. The van der Waals surface area contributed by atoms with E-state index in [-0.39, 0.29) is 12.1 Å². The van der Waals surface area contributed by atoms with Crippen molar-refractivity contribution < 1.29 is 14.3 Å². The Hall–Kier alpha value is -1.19. The molecule has 3 rings (SSSR count). The van der Waals surface area contributed by atoms with E-state index in [1.807, 2.05) is 6.92 Å². The van der Waals surface area contributed by atoms with Gasteiger partial charge >= 0.3 is 0 Å². The highest BCUT2D eigenvalue weighted by Crippen LogP contribution is 2.27. The Kier molecular flexibility index (Phi) is 3.67. The molecule has 1 atom stereocenters. The van der Waals surface area contributed by atoms with E-state index in [4.69, 9.17) is 9.47 Å². The highest BCUT2D eigenvalue weighted by atomic mass is 16.7. The lowest BCUT2D eigenvalue weighted by Crippen LogP contribution is -2.22. The maximum Gasteiger partial charge on any atom is 0.163 e. The molecule has 19 heavy (non-hydrogen) atoms. The second kappa shape index (κ2) is 5.43. The van der Waals surface area contributed by atoms with Crippen LogP contribution in [0, 0.1) is 6.92 Å². The van der Waals surface area contributed by atoms with E-state index in [1.165, 1.54) is 12.0 Å². The molecule has 1 aliphatic heterocycles. The van der Waals surface area contributed by atoms with Crippen LogP contribution in [-0.2, 0) is 22.5 Å². The summed E-state index contributed by atoms with van der Waals surface area (Å²) in [4.78, 5) is 11.8. The molecule has 0 saturated carbocycles. The third kappa shape index (κ3) is 2.72. The first-order valence-electron chi connectivity index (χ1n) is 7.13. The number of benzene rings is 1. The molecule has 0 N–H and O–H groups in total. The standard InChI is InChI=1S/C16H20O3/c1-11-8-12(9-13-5-6-14(17)16(11)13)10-19-15-4-2-3-7-18-15/h8-9,15H,2-7,10H2,1H3. The lowest BCUT2D eigenvalue weighted by atomic mass is 10.0. The third-order valence-electron chi connectivity index (χ3n) is 3.95. The van der Waals surface area contributed by atoms with Crippen molar-refractivity contribution in [2.75, 3.05) is 6.61 Å². The first-order chi connectivity index (χ1) is 9.24. The zero-order chi connectivity index (χ0) is 13.2. The van der Waals surface area contributed by atoms with Crippen molar-refractivity contribution >= 4 is 5.78 Å². The van der Waals surface area contributed by atoms with Gasteiger partial charge in [0.15, 0.2) is 12.1 Å². The van der Waals surface area contributed by atoms with Crippen LogP contribution in [0.25, 0.3) is 0 Å². The minimum Gasteiger partial charge on any atom is -0.353 e. The van der Waals surface area contributed by atoms with Crippen LogP contribution in [0.15, 0.2) is 12.1 Å². The van der Waals surface area contributed by atoms with E-state index < -0.39 is 0 Å². The Bertz CT molecular complexity index is 487. The number of Topliss-reactive ketones (excluding diaryl/α,β-unsaturated/α-hetero) is 1. The molecule has 0 radical (unpaired) electrons. The quantitative estimate of drug-likeness (QED) is 0.837. The van der Waals surface area contributed by atoms with E-state index >= 15 is 0 Å². The van der Waals surface area contributed by atoms with Gasteiger partial charge in [0.05, 0.1) is 6.61 Å². The fourth-order valence-corrected chi connectivity index (χ4v) is 3.03. The van der Waals surface area contributed by atoms with Crippen LogP contribution in [0.4, 0.5) is 0 Å². The van der Waals surface area contributed by atoms with Crippen molar-refractivity contribution in [3.8, 4) is 0 Å². The van der Waals surface area contributed by atoms with Crippen LogP contribution in [0.5, 0.6) is 0 Å². The van der Waals surface area contributed by atoms with Crippen molar-refractivity contribution in [2.45, 2.75) is 51.9 Å². The van der Waals surface area contributed by atoms with Gasteiger partial charge in [-0.1, -0.05) is 12.1 Å². The average Bonchev–Trinajstić information content (AvgIpc) is 2.80. The summed E-state index contributed by atoms with van der Waals surface area (Å²) in [5.74, 6) is 0.288. The fraction of sp³-hybridized carbons (Fsp3) is 0.562. The van der Waals surface area contributed by atoms with Crippen molar-refractivity contribution in [1.29, 1.82) is 0 Å². The van der Waals surface area contributed by atoms with Gasteiger partial charge in [-0.15, -0.1) is 0 Å². The molecular formula is C16H20O3. The molecule has 1 heterocycles. The second-order valence-corrected chi connectivity index (χ2v) is 5.48. The molecule has 0 aromatic heterocycles. The number of carbonyl (C=O) groups is 1. The number of ketones is 1. The Morgan fingerprint density at radius 1 is 1.32 bits per heavy atom. The fourth-order valence-electron chi connectivity index (χ4n) is 3.03. The van der Waals surface area contributed by atoms with Crippen LogP contribution < -0.4 is 0 Å². The summed E-state index contributed by atoms with van der Waals surface area (Å²) in [7, 11) is 0. The molecule has 1 fully saturated rings. The molecule has 102 valence electrons. The van der Waals surface area contributed by atoms with Gasteiger partial charge in [-0.25, -0.2) is 0 Å². The highest BCUT2D eigenvalue weighted by molar-refractivity contribution is 6.01. The minimum atomic E-state index is -0.0519. The molecular weight excluding hydrogens is 240 g/mol. The number of carbonyl (C=O) groups excluding carboxylic acids is 1. The Balaban J connectivity index is 1.68. The van der Waals surface area contributed by atoms with E-state index in [0.29, 0.717) is 13.0 Å². The van der Waals surface area contributed by atoms with Crippen molar-refractivity contribution in [1.82, 2.24) is 0 Å². The van der Waals surface area contributed by atoms with Crippen molar-refractivity contribution in [2.24, 2.45) is 0 Å². The molecule has 1 aromatic carbocycles. The third-order valence-corrected chi connectivity index (χ3v) is 3.95. The monoisotopic (exact) mass is 260 g/mol. The molecule has 0 spiro atoms. The number of ether oxygens (including phenoxy) is 2. The molecule has 3 heteroatoms. The molecule has 1 saturated heterocycles. The lowest BCUT2D eigenvalue weighted by molar-refractivity contribution is -0.168. The van der Waals surface area contributed by atoms with E-state index in [0.717, 1.165) is 42.6 Å². The van der Waals surface area contributed by atoms with Gasteiger partial charge in [-0.05, 0) is 49.3 Å². The van der Waals surface area contributed by atoms with Gasteiger partial charge in [0.25, 0.3) is 0 Å². The number of hydrogen-bond acceptors (Lipinski definition) is 3. The molecule has 2 aliphatic rings. The van der Waals surface area contributed by atoms with Crippen molar-refractivity contribution in [3.63, 3.8) is 0 Å². The van der Waals surface area contributed by atoms with Crippen LogP contribution in [0.1, 0.15) is 52.7 Å². The molecule has 3 nitrogen and oxygen atoms in total. The van der Waals surface area contributed by atoms with E-state index in [2.05, 4.69) is 12.1 Å². The van der Waals surface area contributed by atoms with E-state index in [9.17, 15) is 4.79 Å². The van der Waals surface area contributed by atoms with Gasteiger partial charge in [0.1, 0.15) is 0 Å². The molecule has 1 aliphatic carbocycles.